The highest BCUT2D eigenvalue weighted by molar-refractivity contribution is 6.32. The second kappa shape index (κ2) is 8.52. The summed E-state index contributed by atoms with van der Waals surface area (Å²) in [4.78, 5) is 10.4. The van der Waals surface area contributed by atoms with Gasteiger partial charge in [-0.05, 0) is 69.1 Å². The fraction of sp³-hybridized carbons (Fsp3) is 0.667. The first-order valence-electron chi connectivity index (χ1n) is 8.35. The molecule has 1 aliphatic rings. The first-order valence-corrected chi connectivity index (χ1v) is 8.73. The second-order valence-electron chi connectivity index (χ2n) is 6.59. The molecule has 0 unspecified atom stereocenters. The molecule has 22 heavy (non-hydrogen) atoms. The molecule has 2 rings (SSSR count). The normalized spacial score (nSPS) is 22.9. The molecule has 0 saturated heterocycles. The van der Waals surface area contributed by atoms with Gasteiger partial charge < -0.3 is 4.74 Å². The lowest BCUT2D eigenvalue weighted by atomic mass is 9.82. The van der Waals surface area contributed by atoms with Gasteiger partial charge in [-0.25, -0.2) is 0 Å². The molecule has 0 N–H and O–H groups in total. The Morgan fingerprint density at radius 1 is 1.23 bits per heavy atom. The molecule has 3 nitrogen and oxygen atoms in total. The van der Waals surface area contributed by atoms with E-state index in [4.69, 9.17) is 16.3 Å². The van der Waals surface area contributed by atoms with Gasteiger partial charge in [0, 0.05) is 0 Å². The molecule has 0 aromatic heterocycles. The molecule has 0 amide bonds. The fourth-order valence-electron chi connectivity index (χ4n) is 3.34. The smallest absolute Gasteiger partial charge is 0.138 e. The number of nitrogens with zero attached hydrogens (tertiary/aromatic N) is 1. The van der Waals surface area contributed by atoms with Gasteiger partial charge in [-0.1, -0.05) is 35.7 Å². The van der Waals surface area contributed by atoms with Crippen LogP contribution in [0.15, 0.2) is 23.4 Å². The molecule has 0 spiro atoms. The van der Waals surface area contributed by atoms with Crippen molar-refractivity contribution < 1.29 is 4.74 Å². The van der Waals surface area contributed by atoms with Crippen LogP contribution < -0.4 is 4.74 Å². The number of hydrogen-bond acceptors (Lipinski definition) is 3. The van der Waals surface area contributed by atoms with Crippen molar-refractivity contribution in [2.75, 3.05) is 6.54 Å². The Kier molecular flexibility index (Phi) is 6.69. The molecule has 4 heteroatoms. The molecule has 0 aliphatic heterocycles. The van der Waals surface area contributed by atoms with E-state index in [9.17, 15) is 4.91 Å². The quantitative estimate of drug-likeness (QED) is 0.628. The number of halogens is 1. The molecule has 1 saturated carbocycles. The van der Waals surface area contributed by atoms with Crippen molar-refractivity contribution in [3.63, 3.8) is 0 Å². The van der Waals surface area contributed by atoms with Crippen LogP contribution >= 0.6 is 11.6 Å². The number of hydrogen-bond donors (Lipinski definition) is 0. The summed E-state index contributed by atoms with van der Waals surface area (Å²) in [6.07, 6.45) is 7.01. The molecule has 0 radical (unpaired) electrons. The van der Waals surface area contributed by atoms with E-state index in [0.717, 1.165) is 44.3 Å². The van der Waals surface area contributed by atoms with E-state index in [2.05, 4.69) is 17.3 Å². The molecular weight excluding hydrogens is 298 g/mol. The van der Waals surface area contributed by atoms with Crippen LogP contribution in [0.1, 0.15) is 63.9 Å². The van der Waals surface area contributed by atoms with E-state index in [1.165, 1.54) is 5.56 Å². The average molecular weight is 324 g/mol. The summed E-state index contributed by atoms with van der Waals surface area (Å²) in [6, 6.07) is 6.21. The number of nitroso groups, excluding NO2 is 1. The predicted molar refractivity (Wildman–Crippen MR) is 91.8 cm³/mol. The van der Waals surface area contributed by atoms with E-state index in [1.807, 2.05) is 19.9 Å². The lowest BCUT2D eigenvalue weighted by Crippen LogP contribution is -2.11. The van der Waals surface area contributed by atoms with E-state index < -0.39 is 0 Å². The zero-order chi connectivity index (χ0) is 15.9. The minimum absolute atomic E-state index is 0.133. The molecule has 0 atom stereocenters. The molecule has 1 aromatic carbocycles. The Balaban J connectivity index is 1.99. The fourth-order valence-corrected chi connectivity index (χ4v) is 3.57. The minimum atomic E-state index is 0.133. The van der Waals surface area contributed by atoms with Crippen molar-refractivity contribution in [3.05, 3.63) is 33.7 Å². The Labute approximate surface area is 138 Å². The van der Waals surface area contributed by atoms with Crippen LogP contribution in [0.5, 0.6) is 5.75 Å². The number of rotatable bonds is 5. The predicted octanol–water partition coefficient (Wildman–Crippen LogP) is 5.95. The Bertz CT molecular complexity index is 480. The summed E-state index contributed by atoms with van der Waals surface area (Å²) in [5.74, 6) is 1.82. The zero-order valence-electron chi connectivity index (χ0n) is 13.6. The Hall–Kier alpha value is -1.09. The average Bonchev–Trinajstić information content (AvgIpc) is 2.44. The highest BCUT2D eigenvalue weighted by Gasteiger charge is 2.19. The van der Waals surface area contributed by atoms with Crippen molar-refractivity contribution in [3.8, 4) is 5.75 Å². The molecule has 1 aliphatic carbocycles. The molecule has 0 bridgehead atoms. The summed E-state index contributed by atoms with van der Waals surface area (Å²) in [7, 11) is 0. The van der Waals surface area contributed by atoms with E-state index in [1.54, 1.807) is 0 Å². The Morgan fingerprint density at radius 3 is 2.45 bits per heavy atom. The van der Waals surface area contributed by atoms with Crippen molar-refractivity contribution >= 4 is 11.6 Å². The SMILES string of the molecule is CC(C)Oc1ccc(C2CCCC(CN=O)CCC2)cc1Cl. The Morgan fingerprint density at radius 2 is 1.91 bits per heavy atom. The van der Waals surface area contributed by atoms with Gasteiger partial charge >= 0.3 is 0 Å². The zero-order valence-corrected chi connectivity index (χ0v) is 14.3. The second-order valence-corrected chi connectivity index (χ2v) is 7.00. The molecular formula is C18H26ClNO2. The minimum Gasteiger partial charge on any atom is -0.489 e. The number of benzene rings is 1. The van der Waals surface area contributed by atoms with Crippen LogP contribution in [0.3, 0.4) is 0 Å². The van der Waals surface area contributed by atoms with Gasteiger partial charge in [0.1, 0.15) is 5.75 Å². The maximum Gasteiger partial charge on any atom is 0.138 e. The van der Waals surface area contributed by atoms with Crippen LogP contribution in [0, 0.1) is 10.8 Å². The van der Waals surface area contributed by atoms with Gasteiger partial charge in [-0.2, -0.15) is 4.91 Å². The van der Waals surface area contributed by atoms with Gasteiger partial charge in [0.05, 0.1) is 17.7 Å². The first kappa shape index (κ1) is 17.3. The van der Waals surface area contributed by atoms with Crippen LogP contribution in [0.25, 0.3) is 0 Å². The largest absolute Gasteiger partial charge is 0.489 e. The standard InChI is InChI=1S/C18H26ClNO2/c1-13(2)22-18-10-9-16(11-17(18)19)15-7-3-5-14(12-20-21)6-4-8-15/h9-11,13-15H,3-8,12H2,1-2H3. The van der Waals surface area contributed by atoms with Crippen molar-refractivity contribution in [2.24, 2.45) is 11.1 Å². The van der Waals surface area contributed by atoms with Crippen LogP contribution in [-0.4, -0.2) is 12.6 Å². The molecule has 0 heterocycles. The van der Waals surface area contributed by atoms with E-state index in [-0.39, 0.29) is 6.10 Å². The topological polar surface area (TPSA) is 38.7 Å². The maximum absolute atomic E-state index is 10.4. The summed E-state index contributed by atoms with van der Waals surface area (Å²) in [5, 5.41) is 3.78. The summed E-state index contributed by atoms with van der Waals surface area (Å²) >= 11 is 6.36. The number of ether oxygens (including phenoxy) is 1. The van der Waals surface area contributed by atoms with Gasteiger partial charge in [0.2, 0.25) is 0 Å². The van der Waals surface area contributed by atoms with Crippen LogP contribution in [0.4, 0.5) is 0 Å². The third-order valence-electron chi connectivity index (χ3n) is 4.45. The summed E-state index contributed by atoms with van der Waals surface area (Å²) in [5.41, 5.74) is 1.31. The van der Waals surface area contributed by atoms with Crippen LogP contribution in [0.2, 0.25) is 5.02 Å². The van der Waals surface area contributed by atoms with E-state index in [0.29, 0.717) is 23.4 Å². The van der Waals surface area contributed by atoms with Gasteiger partial charge in [0.25, 0.3) is 0 Å². The lowest BCUT2D eigenvalue weighted by Gasteiger charge is -2.24. The molecule has 122 valence electrons. The van der Waals surface area contributed by atoms with Crippen molar-refractivity contribution in [2.45, 2.75) is 64.4 Å². The maximum atomic E-state index is 10.4. The summed E-state index contributed by atoms with van der Waals surface area (Å²) in [6.45, 7) is 4.49. The highest BCUT2D eigenvalue weighted by atomic mass is 35.5. The van der Waals surface area contributed by atoms with Crippen LogP contribution in [-0.2, 0) is 0 Å². The lowest BCUT2D eigenvalue weighted by molar-refractivity contribution is 0.242. The first-order chi connectivity index (χ1) is 10.6. The van der Waals surface area contributed by atoms with Gasteiger partial charge in [-0.3, -0.25) is 0 Å². The monoisotopic (exact) mass is 323 g/mol. The highest BCUT2D eigenvalue weighted by Crippen LogP contribution is 2.36. The third-order valence-corrected chi connectivity index (χ3v) is 4.75. The van der Waals surface area contributed by atoms with Crippen molar-refractivity contribution in [1.82, 2.24) is 0 Å². The van der Waals surface area contributed by atoms with Gasteiger partial charge in [-0.15, -0.1) is 0 Å². The third kappa shape index (κ3) is 4.98. The molecule has 1 aromatic rings. The summed E-state index contributed by atoms with van der Waals surface area (Å²) < 4.78 is 5.70. The molecule has 1 fully saturated rings. The van der Waals surface area contributed by atoms with Gasteiger partial charge in [0.15, 0.2) is 0 Å². The van der Waals surface area contributed by atoms with Crippen molar-refractivity contribution in [1.29, 1.82) is 0 Å². The van der Waals surface area contributed by atoms with E-state index >= 15 is 0 Å².